The number of hydrogen-bond donors (Lipinski definition) is 0. The van der Waals surface area contributed by atoms with Crippen molar-refractivity contribution in [1.29, 1.82) is 0 Å². The minimum atomic E-state index is -0.276. The summed E-state index contributed by atoms with van der Waals surface area (Å²) in [6, 6.07) is 17.2. The Morgan fingerprint density at radius 3 is 2.39 bits per heavy atom. The highest BCUT2D eigenvalue weighted by atomic mass is 32.2. The summed E-state index contributed by atoms with van der Waals surface area (Å²) in [7, 11) is 0. The Bertz CT molecular complexity index is 506. The lowest BCUT2D eigenvalue weighted by atomic mass is 10.2. The van der Waals surface area contributed by atoms with E-state index < -0.39 is 0 Å². The molecule has 0 N–H and O–H groups in total. The van der Waals surface area contributed by atoms with Crippen molar-refractivity contribution in [1.82, 2.24) is 0 Å². The summed E-state index contributed by atoms with van der Waals surface area (Å²) in [4.78, 5) is 11.6. The molecule has 0 radical (unpaired) electrons. The van der Waals surface area contributed by atoms with Crippen molar-refractivity contribution < 1.29 is 9.53 Å². The van der Waals surface area contributed by atoms with Crippen LogP contribution in [0.3, 0.4) is 0 Å². The van der Waals surface area contributed by atoms with E-state index in [0.717, 1.165) is 5.56 Å². The van der Waals surface area contributed by atoms with E-state index in [1.165, 1.54) is 17.3 Å². The fraction of sp³-hybridized carbons (Fsp3) is 0.133. The topological polar surface area (TPSA) is 26.3 Å². The van der Waals surface area contributed by atoms with Crippen LogP contribution in [-0.4, -0.2) is 5.30 Å². The largest absolute Gasteiger partial charge is 0.418 e. The van der Waals surface area contributed by atoms with Gasteiger partial charge in [-0.05, 0) is 36.4 Å². The Morgan fingerprint density at radius 1 is 1.06 bits per heavy atom. The fourth-order valence-corrected chi connectivity index (χ4v) is 2.07. The summed E-state index contributed by atoms with van der Waals surface area (Å²) in [5, 5.41) is -0.276. The number of benzene rings is 2. The van der Waals surface area contributed by atoms with Gasteiger partial charge in [-0.25, -0.2) is 4.79 Å². The van der Waals surface area contributed by atoms with Gasteiger partial charge >= 0.3 is 5.30 Å². The lowest BCUT2D eigenvalue weighted by Crippen LogP contribution is -2.00. The average molecular weight is 258 g/mol. The Morgan fingerprint density at radius 2 is 1.72 bits per heavy atom. The Balaban J connectivity index is 1.83. The number of hydrogen-bond acceptors (Lipinski definition) is 3. The standard InChI is InChI=1S/C15H14O2S/c1-12-7-9-13(10-8-12)11-18-15(16)17-14-5-3-2-4-6-14/h2-10H,11H2,1H3. The van der Waals surface area contributed by atoms with Crippen molar-refractivity contribution in [3.05, 3.63) is 65.7 Å². The number of rotatable bonds is 3. The molecule has 3 heteroatoms. The van der Waals surface area contributed by atoms with Gasteiger partial charge in [-0.2, -0.15) is 0 Å². The second-order valence-electron chi connectivity index (χ2n) is 3.94. The van der Waals surface area contributed by atoms with E-state index in [0.29, 0.717) is 11.5 Å². The van der Waals surface area contributed by atoms with E-state index in [1.807, 2.05) is 49.4 Å². The number of carbonyl (C=O) groups excluding carboxylic acids is 1. The molecule has 2 aromatic rings. The van der Waals surface area contributed by atoms with Crippen LogP contribution in [0.15, 0.2) is 54.6 Å². The maximum absolute atomic E-state index is 11.6. The van der Waals surface area contributed by atoms with Gasteiger partial charge in [0.25, 0.3) is 0 Å². The summed E-state index contributed by atoms with van der Waals surface area (Å²) < 4.78 is 5.18. The van der Waals surface area contributed by atoms with Gasteiger partial charge in [0.2, 0.25) is 0 Å². The van der Waals surface area contributed by atoms with E-state index >= 15 is 0 Å². The molecule has 0 atom stereocenters. The molecular weight excluding hydrogens is 244 g/mol. The first-order valence-corrected chi connectivity index (χ1v) is 6.68. The zero-order valence-corrected chi connectivity index (χ0v) is 10.9. The number of para-hydroxylation sites is 1. The SMILES string of the molecule is Cc1ccc(CSC(=O)Oc2ccccc2)cc1. The first kappa shape index (κ1) is 12.7. The van der Waals surface area contributed by atoms with E-state index in [-0.39, 0.29) is 5.30 Å². The zero-order valence-electron chi connectivity index (χ0n) is 10.1. The minimum Gasteiger partial charge on any atom is -0.418 e. The van der Waals surface area contributed by atoms with Crippen LogP contribution in [0.1, 0.15) is 11.1 Å². The molecule has 0 aliphatic rings. The summed E-state index contributed by atoms with van der Waals surface area (Å²) in [5.41, 5.74) is 2.34. The van der Waals surface area contributed by atoms with Crippen LogP contribution in [0.2, 0.25) is 0 Å². The van der Waals surface area contributed by atoms with Crippen LogP contribution >= 0.6 is 11.8 Å². The number of ether oxygens (including phenoxy) is 1. The van der Waals surface area contributed by atoms with E-state index in [9.17, 15) is 4.79 Å². The van der Waals surface area contributed by atoms with Gasteiger partial charge < -0.3 is 4.74 Å². The van der Waals surface area contributed by atoms with Gasteiger partial charge in [0.1, 0.15) is 5.75 Å². The summed E-state index contributed by atoms with van der Waals surface area (Å²) in [5.74, 6) is 1.21. The molecule has 0 aliphatic carbocycles. The molecular formula is C15H14O2S. The third kappa shape index (κ3) is 3.93. The predicted molar refractivity (Wildman–Crippen MR) is 74.9 cm³/mol. The van der Waals surface area contributed by atoms with E-state index in [4.69, 9.17) is 4.74 Å². The molecule has 2 nitrogen and oxygen atoms in total. The van der Waals surface area contributed by atoms with Gasteiger partial charge in [-0.3, -0.25) is 0 Å². The second kappa shape index (κ2) is 6.26. The third-order valence-corrected chi connectivity index (χ3v) is 3.22. The highest BCUT2D eigenvalue weighted by Gasteiger charge is 2.05. The maximum Gasteiger partial charge on any atom is 0.373 e. The number of carbonyl (C=O) groups is 1. The van der Waals surface area contributed by atoms with Gasteiger partial charge in [0, 0.05) is 5.75 Å². The zero-order chi connectivity index (χ0) is 12.8. The van der Waals surface area contributed by atoms with Crippen LogP contribution in [0, 0.1) is 6.92 Å². The smallest absolute Gasteiger partial charge is 0.373 e. The molecule has 0 fully saturated rings. The lowest BCUT2D eigenvalue weighted by molar-refractivity contribution is 0.227. The van der Waals surface area contributed by atoms with Crippen LogP contribution in [-0.2, 0) is 5.75 Å². The van der Waals surface area contributed by atoms with Gasteiger partial charge in [0.15, 0.2) is 0 Å². The lowest BCUT2D eigenvalue weighted by Gasteiger charge is -2.03. The fourth-order valence-electron chi connectivity index (χ4n) is 1.44. The molecule has 0 unspecified atom stereocenters. The first-order valence-electron chi connectivity index (χ1n) is 5.69. The molecule has 0 saturated carbocycles. The average Bonchev–Trinajstić information content (AvgIpc) is 2.39. The Kier molecular flexibility index (Phi) is 4.42. The highest BCUT2D eigenvalue weighted by Crippen LogP contribution is 2.18. The normalized spacial score (nSPS) is 10.1. The van der Waals surface area contributed by atoms with Crippen LogP contribution < -0.4 is 4.74 Å². The monoisotopic (exact) mass is 258 g/mol. The van der Waals surface area contributed by atoms with Crippen molar-refractivity contribution >= 4 is 17.1 Å². The maximum atomic E-state index is 11.6. The Hall–Kier alpha value is -1.74. The highest BCUT2D eigenvalue weighted by molar-refractivity contribution is 8.12. The van der Waals surface area contributed by atoms with Crippen LogP contribution in [0.4, 0.5) is 4.79 Å². The van der Waals surface area contributed by atoms with Crippen LogP contribution in [0.5, 0.6) is 5.75 Å². The molecule has 2 aromatic carbocycles. The summed E-state index contributed by atoms with van der Waals surface area (Å²) in [6.45, 7) is 2.04. The molecule has 2 rings (SSSR count). The summed E-state index contributed by atoms with van der Waals surface area (Å²) >= 11 is 1.17. The Labute approximate surface area is 111 Å². The molecule has 0 bridgehead atoms. The molecule has 0 saturated heterocycles. The van der Waals surface area contributed by atoms with Crippen molar-refractivity contribution in [3.63, 3.8) is 0 Å². The molecule has 18 heavy (non-hydrogen) atoms. The third-order valence-electron chi connectivity index (χ3n) is 2.42. The molecule has 0 aromatic heterocycles. The molecule has 0 amide bonds. The van der Waals surface area contributed by atoms with Crippen molar-refractivity contribution in [2.75, 3.05) is 0 Å². The van der Waals surface area contributed by atoms with Crippen molar-refractivity contribution in [2.45, 2.75) is 12.7 Å². The van der Waals surface area contributed by atoms with Crippen molar-refractivity contribution in [3.8, 4) is 5.75 Å². The van der Waals surface area contributed by atoms with Gasteiger partial charge in [-0.15, -0.1) is 0 Å². The molecule has 92 valence electrons. The van der Waals surface area contributed by atoms with Crippen molar-refractivity contribution in [2.24, 2.45) is 0 Å². The second-order valence-corrected chi connectivity index (χ2v) is 4.85. The first-order chi connectivity index (χ1) is 8.74. The van der Waals surface area contributed by atoms with E-state index in [1.54, 1.807) is 12.1 Å². The minimum absolute atomic E-state index is 0.276. The molecule has 0 aliphatic heterocycles. The number of thioether (sulfide) groups is 1. The predicted octanol–water partition coefficient (Wildman–Crippen LogP) is 4.43. The van der Waals surface area contributed by atoms with Crippen LogP contribution in [0.25, 0.3) is 0 Å². The van der Waals surface area contributed by atoms with Gasteiger partial charge in [-0.1, -0.05) is 48.0 Å². The van der Waals surface area contributed by atoms with Gasteiger partial charge in [0.05, 0.1) is 0 Å². The quantitative estimate of drug-likeness (QED) is 0.762. The molecule has 0 spiro atoms. The molecule has 0 heterocycles. The number of aryl methyl sites for hydroxylation is 1. The van der Waals surface area contributed by atoms with E-state index in [2.05, 4.69) is 0 Å². The summed E-state index contributed by atoms with van der Waals surface area (Å²) in [6.07, 6.45) is 0.